The number of unbranched alkanes of at least 4 members (excludes halogenated alkanes) is 1. The maximum absolute atomic E-state index is 11.9. The fourth-order valence-electron chi connectivity index (χ4n) is 2.19. The van der Waals surface area contributed by atoms with Gasteiger partial charge in [0.15, 0.2) is 0 Å². The predicted molar refractivity (Wildman–Crippen MR) is 76.1 cm³/mol. The minimum absolute atomic E-state index is 0.109. The van der Waals surface area contributed by atoms with Gasteiger partial charge in [-0.05, 0) is 45.1 Å². The van der Waals surface area contributed by atoms with Crippen LogP contribution < -0.4 is 10.0 Å². The lowest BCUT2D eigenvalue weighted by molar-refractivity contribution is 0.260. The van der Waals surface area contributed by atoms with Crippen LogP contribution in [-0.4, -0.2) is 32.8 Å². The summed E-state index contributed by atoms with van der Waals surface area (Å²) < 4.78 is 26.5. The molecule has 1 aliphatic carbocycles. The largest absolute Gasteiger partial charge is 0.315 e. The third-order valence-corrected chi connectivity index (χ3v) is 5.17. The molecule has 2 N–H and O–H groups in total. The molecule has 108 valence electrons. The van der Waals surface area contributed by atoms with Gasteiger partial charge in [-0.15, -0.1) is 0 Å². The van der Waals surface area contributed by atoms with E-state index < -0.39 is 10.0 Å². The number of hydrogen-bond acceptors (Lipinski definition) is 3. The van der Waals surface area contributed by atoms with Gasteiger partial charge in [0.05, 0.1) is 5.75 Å². The van der Waals surface area contributed by atoms with Gasteiger partial charge >= 0.3 is 0 Å². The molecule has 0 aromatic carbocycles. The molecule has 0 bridgehead atoms. The molecular weight excluding hydrogens is 248 g/mol. The summed E-state index contributed by atoms with van der Waals surface area (Å²) in [7, 11) is -3.08. The summed E-state index contributed by atoms with van der Waals surface area (Å²) in [5.74, 6) is 0.812. The standard InChI is InChI=1S/C13H28N2O2S/c1-11(2)14-9-4-5-10-18(16,17)15-12(3)13-7-6-8-13/h11-15H,4-10H2,1-3H3. The van der Waals surface area contributed by atoms with Gasteiger partial charge in [0, 0.05) is 12.1 Å². The van der Waals surface area contributed by atoms with Crippen LogP contribution in [0.15, 0.2) is 0 Å². The van der Waals surface area contributed by atoms with E-state index in [-0.39, 0.29) is 11.8 Å². The van der Waals surface area contributed by atoms with Crippen molar-refractivity contribution < 1.29 is 8.42 Å². The fourth-order valence-corrected chi connectivity index (χ4v) is 3.65. The molecule has 1 rings (SSSR count). The van der Waals surface area contributed by atoms with Gasteiger partial charge in [-0.1, -0.05) is 20.3 Å². The summed E-state index contributed by atoms with van der Waals surface area (Å²) in [6, 6.07) is 0.580. The lowest BCUT2D eigenvalue weighted by atomic mass is 9.81. The molecule has 0 heterocycles. The normalized spacial score (nSPS) is 18.9. The molecule has 18 heavy (non-hydrogen) atoms. The van der Waals surface area contributed by atoms with Gasteiger partial charge in [0.25, 0.3) is 0 Å². The highest BCUT2D eigenvalue weighted by molar-refractivity contribution is 7.89. The summed E-state index contributed by atoms with van der Waals surface area (Å²) >= 11 is 0. The van der Waals surface area contributed by atoms with Crippen molar-refractivity contribution in [2.45, 2.75) is 65.0 Å². The average Bonchev–Trinajstić information content (AvgIpc) is 2.12. The number of sulfonamides is 1. The molecule has 1 unspecified atom stereocenters. The van der Waals surface area contributed by atoms with Crippen LogP contribution in [0.25, 0.3) is 0 Å². The van der Waals surface area contributed by atoms with Crippen molar-refractivity contribution >= 4 is 10.0 Å². The highest BCUT2D eigenvalue weighted by Gasteiger charge is 2.26. The highest BCUT2D eigenvalue weighted by atomic mass is 32.2. The monoisotopic (exact) mass is 276 g/mol. The van der Waals surface area contributed by atoms with Crippen molar-refractivity contribution in [1.82, 2.24) is 10.0 Å². The molecule has 1 saturated carbocycles. The van der Waals surface area contributed by atoms with E-state index in [1.165, 1.54) is 19.3 Å². The predicted octanol–water partition coefficient (Wildman–Crippen LogP) is 1.87. The van der Waals surface area contributed by atoms with Crippen LogP contribution in [0.3, 0.4) is 0 Å². The van der Waals surface area contributed by atoms with Crippen LogP contribution in [0.4, 0.5) is 0 Å². The van der Waals surface area contributed by atoms with E-state index in [2.05, 4.69) is 23.9 Å². The first-order valence-electron chi connectivity index (χ1n) is 7.14. The van der Waals surface area contributed by atoms with Crippen LogP contribution >= 0.6 is 0 Å². The van der Waals surface area contributed by atoms with Crippen molar-refractivity contribution in [3.05, 3.63) is 0 Å². The Morgan fingerprint density at radius 1 is 1.17 bits per heavy atom. The molecule has 0 aliphatic heterocycles. The van der Waals surface area contributed by atoms with Gasteiger partial charge in [-0.2, -0.15) is 0 Å². The van der Waals surface area contributed by atoms with E-state index in [4.69, 9.17) is 0 Å². The van der Waals surface area contributed by atoms with Crippen molar-refractivity contribution in [2.24, 2.45) is 5.92 Å². The second kappa shape index (κ2) is 7.46. The van der Waals surface area contributed by atoms with Gasteiger partial charge in [0.2, 0.25) is 10.0 Å². The minimum Gasteiger partial charge on any atom is -0.315 e. The van der Waals surface area contributed by atoms with Crippen molar-refractivity contribution in [2.75, 3.05) is 12.3 Å². The van der Waals surface area contributed by atoms with Crippen LogP contribution in [0.1, 0.15) is 52.9 Å². The molecule has 0 aromatic heterocycles. The lowest BCUT2D eigenvalue weighted by Gasteiger charge is -2.31. The van der Waals surface area contributed by atoms with E-state index in [0.717, 1.165) is 19.4 Å². The maximum Gasteiger partial charge on any atom is 0.211 e. The zero-order chi connectivity index (χ0) is 13.6. The minimum atomic E-state index is -3.08. The molecule has 0 aromatic rings. The quantitative estimate of drug-likeness (QED) is 0.632. The molecule has 1 aliphatic rings. The van der Waals surface area contributed by atoms with E-state index in [1.807, 2.05) is 6.92 Å². The molecule has 0 amide bonds. The Kier molecular flexibility index (Phi) is 6.60. The zero-order valence-corrected chi connectivity index (χ0v) is 12.7. The third-order valence-electron chi connectivity index (χ3n) is 3.61. The Morgan fingerprint density at radius 2 is 1.83 bits per heavy atom. The number of nitrogens with one attached hydrogen (secondary N) is 2. The molecular formula is C13H28N2O2S. The number of rotatable bonds is 9. The average molecular weight is 276 g/mol. The SMILES string of the molecule is CC(C)NCCCCS(=O)(=O)NC(C)C1CCC1. The Balaban J connectivity index is 2.14. The summed E-state index contributed by atoms with van der Waals surface area (Å²) in [5.41, 5.74) is 0. The first kappa shape index (κ1) is 15.9. The first-order valence-corrected chi connectivity index (χ1v) is 8.79. The zero-order valence-electron chi connectivity index (χ0n) is 11.9. The Hall–Kier alpha value is -0.130. The summed E-state index contributed by atoms with van der Waals surface area (Å²) in [6.07, 6.45) is 5.23. The van der Waals surface area contributed by atoms with Crippen LogP contribution in [-0.2, 0) is 10.0 Å². The summed E-state index contributed by atoms with van der Waals surface area (Å²) in [5, 5.41) is 3.29. The number of hydrogen-bond donors (Lipinski definition) is 2. The lowest BCUT2D eigenvalue weighted by Crippen LogP contribution is -2.41. The summed E-state index contributed by atoms with van der Waals surface area (Å²) in [4.78, 5) is 0. The molecule has 1 atom stereocenters. The molecule has 5 heteroatoms. The Morgan fingerprint density at radius 3 is 2.33 bits per heavy atom. The molecule has 0 saturated heterocycles. The van der Waals surface area contributed by atoms with Crippen molar-refractivity contribution in [3.63, 3.8) is 0 Å². The molecule has 0 spiro atoms. The van der Waals surface area contributed by atoms with Gasteiger partial charge in [0.1, 0.15) is 0 Å². The van der Waals surface area contributed by atoms with Crippen LogP contribution in [0, 0.1) is 5.92 Å². The second-order valence-corrected chi connectivity index (χ2v) is 7.61. The second-order valence-electron chi connectivity index (χ2n) is 5.73. The summed E-state index contributed by atoms with van der Waals surface area (Å²) in [6.45, 7) is 7.07. The highest BCUT2D eigenvalue weighted by Crippen LogP contribution is 2.29. The van der Waals surface area contributed by atoms with Crippen LogP contribution in [0.2, 0.25) is 0 Å². The fraction of sp³-hybridized carbons (Fsp3) is 1.00. The first-order chi connectivity index (χ1) is 8.41. The van der Waals surface area contributed by atoms with Crippen molar-refractivity contribution in [1.29, 1.82) is 0 Å². The molecule has 0 radical (unpaired) electrons. The topological polar surface area (TPSA) is 58.2 Å². The van der Waals surface area contributed by atoms with Crippen molar-refractivity contribution in [3.8, 4) is 0 Å². The Bertz CT molecular complexity index is 324. The van der Waals surface area contributed by atoms with E-state index in [1.54, 1.807) is 0 Å². The third kappa shape index (κ3) is 6.16. The van der Waals surface area contributed by atoms with Gasteiger partial charge in [-0.3, -0.25) is 0 Å². The molecule has 4 nitrogen and oxygen atoms in total. The van der Waals surface area contributed by atoms with Gasteiger partial charge < -0.3 is 5.32 Å². The van der Waals surface area contributed by atoms with Gasteiger partial charge in [-0.25, -0.2) is 13.1 Å². The Labute approximate surface area is 112 Å². The van der Waals surface area contributed by atoms with E-state index in [9.17, 15) is 8.42 Å². The van der Waals surface area contributed by atoms with E-state index >= 15 is 0 Å². The maximum atomic E-state index is 11.9. The molecule has 1 fully saturated rings. The van der Waals surface area contributed by atoms with E-state index in [0.29, 0.717) is 12.0 Å². The van der Waals surface area contributed by atoms with Crippen LogP contribution in [0.5, 0.6) is 0 Å². The smallest absolute Gasteiger partial charge is 0.211 e.